The van der Waals surface area contributed by atoms with E-state index in [-0.39, 0.29) is 5.82 Å². The number of hydrogen-bond donors (Lipinski definition) is 1. The lowest BCUT2D eigenvalue weighted by molar-refractivity contribution is 0.479. The van der Waals surface area contributed by atoms with Crippen molar-refractivity contribution in [2.45, 2.75) is 25.4 Å². The molecule has 1 heterocycles. The van der Waals surface area contributed by atoms with E-state index < -0.39 is 0 Å². The minimum absolute atomic E-state index is 0.174. The van der Waals surface area contributed by atoms with E-state index in [1.807, 2.05) is 24.3 Å². The van der Waals surface area contributed by atoms with Crippen LogP contribution in [0.5, 0.6) is 0 Å². The van der Waals surface area contributed by atoms with Crippen LogP contribution >= 0.6 is 0 Å². The van der Waals surface area contributed by atoms with Gasteiger partial charge in [-0.3, -0.25) is 4.98 Å². The van der Waals surface area contributed by atoms with Gasteiger partial charge in [0.25, 0.3) is 0 Å². The van der Waals surface area contributed by atoms with Crippen molar-refractivity contribution >= 4 is 0 Å². The topological polar surface area (TPSA) is 24.9 Å². The zero-order valence-corrected chi connectivity index (χ0v) is 10.7. The van der Waals surface area contributed by atoms with Crippen molar-refractivity contribution in [3.8, 4) is 0 Å². The molecule has 1 N–H and O–H groups in total. The van der Waals surface area contributed by atoms with Gasteiger partial charge in [0.1, 0.15) is 5.82 Å². The van der Waals surface area contributed by atoms with Crippen molar-refractivity contribution in [2.24, 2.45) is 5.92 Å². The fourth-order valence-corrected chi connectivity index (χ4v) is 2.38. The summed E-state index contributed by atoms with van der Waals surface area (Å²) in [5, 5.41) is 3.58. The molecule has 0 aliphatic heterocycles. The molecule has 1 saturated carbocycles. The Kier molecular flexibility index (Phi) is 3.56. The Balaban J connectivity index is 1.69. The summed E-state index contributed by atoms with van der Waals surface area (Å²) in [6.45, 7) is 0.820. The molecule has 2 nitrogen and oxygen atoms in total. The van der Waals surface area contributed by atoms with Gasteiger partial charge in [0.2, 0.25) is 0 Å². The van der Waals surface area contributed by atoms with Gasteiger partial charge in [-0.15, -0.1) is 0 Å². The SMILES string of the molecule is Fc1ccc(C(NCc2ccncc2)C2CC2)cc1. The lowest BCUT2D eigenvalue weighted by Crippen LogP contribution is -2.22. The van der Waals surface area contributed by atoms with Crippen molar-refractivity contribution in [3.05, 3.63) is 65.7 Å². The molecule has 1 aromatic carbocycles. The minimum Gasteiger partial charge on any atom is -0.306 e. The van der Waals surface area contributed by atoms with Crippen LogP contribution < -0.4 is 5.32 Å². The Bertz CT molecular complexity index is 520. The van der Waals surface area contributed by atoms with Gasteiger partial charge >= 0.3 is 0 Å². The first-order chi connectivity index (χ1) is 9.33. The first kappa shape index (κ1) is 12.3. The van der Waals surface area contributed by atoms with Crippen LogP contribution in [0.2, 0.25) is 0 Å². The smallest absolute Gasteiger partial charge is 0.123 e. The molecule has 2 aromatic rings. The van der Waals surface area contributed by atoms with Gasteiger partial charge in [-0.05, 0) is 54.2 Å². The average molecular weight is 256 g/mol. The fraction of sp³-hybridized carbons (Fsp3) is 0.312. The van der Waals surface area contributed by atoms with E-state index in [9.17, 15) is 4.39 Å². The highest BCUT2D eigenvalue weighted by Gasteiger charge is 2.31. The third-order valence-electron chi connectivity index (χ3n) is 3.60. The van der Waals surface area contributed by atoms with Crippen LogP contribution in [0.1, 0.15) is 30.0 Å². The van der Waals surface area contributed by atoms with Crippen molar-refractivity contribution in [1.82, 2.24) is 10.3 Å². The number of nitrogens with one attached hydrogen (secondary N) is 1. The van der Waals surface area contributed by atoms with Crippen LogP contribution in [0.4, 0.5) is 4.39 Å². The molecule has 1 aliphatic rings. The van der Waals surface area contributed by atoms with Gasteiger partial charge in [-0.1, -0.05) is 12.1 Å². The van der Waals surface area contributed by atoms with Crippen LogP contribution in [0.25, 0.3) is 0 Å². The molecule has 3 rings (SSSR count). The normalized spacial score (nSPS) is 16.3. The number of pyridine rings is 1. The Morgan fingerprint density at radius 3 is 2.42 bits per heavy atom. The molecular weight excluding hydrogens is 239 g/mol. The Labute approximate surface area is 112 Å². The lowest BCUT2D eigenvalue weighted by Gasteiger charge is -2.19. The van der Waals surface area contributed by atoms with E-state index in [4.69, 9.17) is 0 Å². The second kappa shape index (κ2) is 5.49. The first-order valence-electron chi connectivity index (χ1n) is 6.71. The molecule has 1 atom stereocenters. The van der Waals surface area contributed by atoms with Gasteiger partial charge in [0, 0.05) is 25.0 Å². The van der Waals surface area contributed by atoms with E-state index in [0.29, 0.717) is 12.0 Å². The molecule has 1 aliphatic carbocycles. The molecule has 98 valence electrons. The molecule has 1 unspecified atom stereocenters. The molecule has 1 aromatic heterocycles. The maximum atomic E-state index is 13.0. The predicted octanol–water partition coefficient (Wildman–Crippen LogP) is 3.46. The van der Waals surface area contributed by atoms with E-state index in [0.717, 1.165) is 6.54 Å². The van der Waals surface area contributed by atoms with Crippen LogP contribution in [0.3, 0.4) is 0 Å². The number of halogens is 1. The molecule has 0 bridgehead atoms. The third kappa shape index (κ3) is 3.18. The number of aromatic nitrogens is 1. The number of hydrogen-bond acceptors (Lipinski definition) is 2. The maximum absolute atomic E-state index is 13.0. The third-order valence-corrected chi connectivity index (χ3v) is 3.60. The number of rotatable bonds is 5. The summed E-state index contributed by atoms with van der Waals surface area (Å²) in [5.74, 6) is 0.514. The molecular formula is C16H17FN2. The van der Waals surface area contributed by atoms with Crippen LogP contribution in [-0.4, -0.2) is 4.98 Å². The molecule has 1 fully saturated rings. The standard InChI is InChI=1S/C16H17FN2/c17-15-5-3-14(4-6-15)16(13-1-2-13)19-11-12-7-9-18-10-8-12/h3-10,13,16,19H,1-2,11H2. The zero-order chi connectivity index (χ0) is 13.1. The number of benzene rings is 1. The van der Waals surface area contributed by atoms with Gasteiger partial charge in [0.05, 0.1) is 0 Å². The summed E-state index contributed by atoms with van der Waals surface area (Å²) in [6.07, 6.45) is 6.12. The summed E-state index contributed by atoms with van der Waals surface area (Å²) in [4.78, 5) is 4.02. The highest BCUT2D eigenvalue weighted by molar-refractivity contribution is 5.22. The molecule has 19 heavy (non-hydrogen) atoms. The molecule has 0 saturated heterocycles. The van der Waals surface area contributed by atoms with Crippen LogP contribution in [0.15, 0.2) is 48.8 Å². The largest absolute Gasteiger partial charge is 0.306 e. The fourth-order valence-electron chi connectivity index (χ4n) is 2.38. The van der Waals surface area contributed by atoms with Gasteiger partial charge in [-0.2, -0.15) is 0 Å². The highest BCUT2D eigenvalue weighted by atomic mass is 19.1. The summed E-state index contributed by atoms with van der Waals surface area (Å²) in [5.41, 5.74) is 2.40. The molecule has 0 radical (unpaired) electrons. The van der Waals surface area contributed by atoms with Gasteiger partial charge in [0.15, 0.2) is 0 Å². The summed E-state index contributed by atoms with van der Waals surface area (Å²) in [7, 11) is 0. The Morgan fingerprint density at radius 1 is 1.11 bits per heavy atom. The number of nitrogens with zero attached hydrogens (tertiary/aromatic N) is 1. The van der Waals surface area contributed by atoms with Crippen molar-refractivity contribution in [1.29, 1.82) is 0 Å². The van der Waals surface area contributed by atoms with E-state index in [1.165, 1.54) is 24.0 Å². The molecule has 0 spiro atoms. The lowest BCUT2D eigenvalue weighted by atomic mass is 10.0. The second-order valence-electron chi connectivity index (χ2n) is 5.10. The van der Waals surface area contributed by atoms with Crippen molar-refractivity contribution < 1.29 is 4.39 Å². The maximum Gasteiger partial charge on any atom is 0.123 e. The summed E-state index contributed by atoms with van der Waals surface area (Å²) >= 11 is 0. The minimum atomic E-state index is -0.174. The highest BCUT2D eigenvalue weighted by Crippen LogP contribution is 2.41. The van der Waals surface area contributed by atoms with Gasteiger partial charge < -0.3 is 5.32 Å². The summed E-state index contributed by atoms with van der Waals surface area (Å²) < 4.78 is 13.0. The van der Waals surface area contributed by atoms with E-state index in [1.54, 1.807) is 24.5 Å². The molecule has 3 heteroatoms. The summed E-state index contributed by atoms with van der Waals surface area (Å²) in [6, 6.07) is 11.2. The quantitative estimate of drug-likeness (QED) is 0.886. The van der Waals surface area contributed by atoms with Crippen LogP contribution in [0, 0.1) is 11.7 Å². The van der Waals surface area contributed by atoms with Crippen molar-refractivity contribution in [3.63, 3.8) is 0 Å². The second-order valence-corrected chi connectivity index (χ2v) is 5.10. The van der Waals surface area contributed by atoms with E-state index in [2.05, 4.69) is 10.3 Å². The van der Waals surface area contributed by atoms with E-state index >= 15 is 0 Å². The van der Waals surface area contributed by atoms with Crippen molar-refractivity contribution in [2.75, 3.05) is 0 Å². The zero-order valence-electron chi connectivity index (χ0n) is 10.7. The monoisotopic (exact) mass is 256 g/mol. The average Bonchev–Trinajstić information content (AvgIpc) is 3.27. The Morgan fingerprint density at radius 2 is 1.79 bits per heavy atom. The van der Waals surface area contributed by atoms with Gasteiger partial charge in [-0.25, -0.2) is 4.39 Å². The predicted molar refractivity (Wildman–Crippen MR) is 72.9 cm³/mol. The Hall–Kier alpha value is -1.74. The first-order valence-corrected chi connectivity index (χ1v) is 6.71. The van der Waals surface area contributed by atoms with Crippen LogP contribution in [-0.2, 0) is 6.54 Å². The molecule has 0 amide bonds.